The monoisotopic (exact) mass is 257 g/mol. The molecule has 0 aromatic heterocycles. The highest BCUT2D eigenvalue weighted by atomic mass is 16.9. The third kappa shape index (κ3) is 5.85. The fraction of sp³-hybridized carbons (Fsp3) is 0.125. The molecular weight excluding hydrogens is 246 g/mol. The minimum atomic E-state index is -1.50. The molecule has 0 spiro atoms. The maximum atomic E-state index is 10.4. The Morgan fingerprint density at radius 1 is 1.44 bits per heavy atom. The third-order valence-corrected chi connectivity index (χ3v) is 1.70. The van der Waals surface area contributed by atoms with E-state index in [1.165, 1.54) is 12.1 Å². The van der Waals surface area contributed by atoms with Crippen molar-refractivity contribution in [1.29, 1.82) is 5.41 Å². The van der Waals surface area contributed by atoms with Crippen LogP contribution in [-0.2, 0) is 0 Å². The van der Waals surface area contributed by atoms with Crippen LogP contribution in [-0.4, -0.2) is 21.2 Å². The summed E-state index contributed by atoms with van der Waals surface area (Å²) >= 11 is 0. The van der Waals surface area contributed by atoms with E-state index in [2.05, 4.69) is 5.32 Å². The molecule has 0 saturated carbocycles. The first-order chi connectivity index (χ1) is 8.23. The van der Waals surface area contributed by atoms with Gasteiger partial charge in [-0.25, -0.2) is 0 Å². The molecule has 0 heterocycles. The molecule has 10 nitrogen and oxygen atoms in total. The Balaban J connectivity index is 0.000000631. The summed E-state index contributed by atoms with van der Waals surface area (Å²) in [6, 6.07) is 4.35. The molecule has 1 aromatic carbocycles. The van der Waals surface area contributed by atoms with Crippen LogP contribution in [0.2, 0.25) is 0 Å². The van der Waals surface area contributed by atoms with Crippen LogP contribution in [0, 0.1) is 32.6 Å². The standard InChI is InChI=1S/C8H10N4O2.HNO3/c1-5-2-3-6(12(13)14)4-7(5)11-8(9)10;2-1(3)4/h2-4H,1H3,(H4,9,10,11);(H,2,3,4). The molecule has 18 heavy (non-hydrogen) atoms. The number of nitrogens with zero attached hydrogens (tertiary/aromatic N) is 2. The number of hydrogen-bond acceptors (Lipinski definition) is 5. The van der Waals surface area contributed by atoms with E-state index in [0.29, 0.717) is 5.69 Å². The van der Waals surface area contributed by atoms with Crippen molar-refractivity contribution in [2.24, 2.45) is 5.73 Å². The summed E-state index contributed by atoms with van der Waals surface area (Å²) in [4.78, 5) is 18.3. The minimum absolute atomic E-state index is 0.0284. The SMILES string of the molecule is Cc1ccc([N+](=O)[O-])cc1NC(=N)N.O=[N+]([O-])O. The molecule has 0 saturated heterocycles. The first-order valence-corrected chi connectivity index (χ1v) is 4.43. The normalized spacial score (nSPS) is 8.72. The van der Waals surface area contributed by atoms with Crippen LogP contribution in [0.5, 0.6) is 0 Å². The molecule has 98 valence electrons. The molecule has 1 rings (SSSR count). The second-order valence-electron chi connectivity index (χ2n) is 3.03. The molecule has 0 amide bonds. The predicted molar refractivity (Wildman–Crippen MR) is 62.2 cm³/mol. The van der Waals surface area contributed by atoms with Gasteiger partial charge in [-0.3, -0.25) is 15.5 Å². The van der Waals surface area contributed by atoms with Gasteiger partial charge in [0.2, 0.25) is 0 Å². The van der Waals surface area contributed by atoms with Gasteiger partial charge >= 0.3 is 0 Å². The number of anilines is 1. The van der Waals surface area contributed by atoms with Crippen molar-refractivity contribution in [3.05, 3.63) is 44.0 Å². The van der Waals surface area contributed by atoms with E-state index >= 15 is 0 Å². The molecule has 5 N–H and O–H groups in total. The average Bonchev–Trinajstić information content (AvgIpc) is 2.19. The molecule has 0 bridgehead atoms. The molecule has 0 atom stereocenters. The van der Waals surface area contributed by atoms with Gasteiger partial charge in [-0.15, -0.1) is 10.1 Å². The summed E-state index contributed by atoms with van der Waals surface area (Å²) in [5.41, 5.74) is 6.37. The lowest BCUT2D eigenvalue weighted by Crippen LogP contribution is -2.21. The lowest BCUT2D eigenvalue weighted by Gasteiger charge is -2.06. The number of non-ortho nitro benzene ring substituents is 1. The molecule has 0 fully saturated rings. The summed E-state index contributed by atoms with van der Waals surface area (Å²) in [5, 5.41) is 33.6. The Hall–Kier alpha value is -2.91. The van der Waals surface area contributed by atoms with Gasteiger partial charge in [-0.1, -0.05) is 6.07 Å². The first-order valence-electron chi connectivity index (χ1n) is 4.43. The Labute approximate surface area is 101 Å². The number of nitro groups is 1. The summed E-state index contributed by atoms with van der Waals surface area (Å²) in [6.07, 6.45) is 0. The van der Waals surface area contributed by atoms with E-state index < -0.39 is 10.0 Å². The number of rotatable bonds is 2. The van der Waals surface area contributed by atoms with Crippen molar-refractivity contribution in [3.8, 4) is 0 Å². The maximum Gasteiger partial charge on any atom is 0.291 e. The van der Waals surface area contributed by atoms with Gasteiger partial charge in [0.25, 0.3) is 10.8 Å². The molecule has 10 heteroatoms. The van der Waals surface area contributed by atoms with Crippen molar-refractivity contribution < 1.29 is 15.2 Å². The van der Waals surface area contributed by atoms with Crippen LogP contribution in [0.4, 0.5) is 11.4 Å². The lowest BCUT2D eigenvalue weighted by molar-refractivity contribution is -0.742. The molecule has 0 radical (unpaired) electrons. The van der Waals surface area contributed by atoms with E-state index in [-0.39, 0.29) is 11.6 Å². The minimum Gasteiger partial charge on any atom is -0.370 e. The average molecular weight is 257 g/mol. The van der Waals surface area contributed by atoms with Crippen molar-refractivity contribution in [3.63, 3.8) is 0 Å². The van der Waals surface area contributed by atoms with Crippen LogP contribution in [0.1, 0.15) is 5.56 Å². The highest BCUT2D eigenvalue weighted by Gasteiger charge is 2.08. The highest BCUT2D eigenvalue weighted by Crippen LogP contribution is 2.21. The lowest BCUT2D eigenvalue weighted by atomic mass is 10.2. The number of nitrogens with one attached hydrogen (secondary N) is 2. The second-order valence-corrected chi connectivity index (χ2v) is 3.03. The Morgan fingerprint density at radius 3 is 2.33 bits per heavy atom. The van der Waals surface area contributed by atoms with Crippen LogP contribution in [0.25, 0.3) is 0 Å². The molecule has 1 aromatic rings. The summed E-state index contributed by atoms with van der Waals surface area (Å²) < 4.78 is 0. The number of aryl methyl sites for hydroxylation is 1. The largest absolute Gasteiger partial charge is 0.370 e. The molecule has 0 aliphatic heterocycles. The number of nitro benzene ring substituents is 1. The number of benzene rings is 1. The summed E-state index contributed by atoms with van der Waals surface area (Å²) in [6.45, 7) is 1.77. The fourth-order valence-corrected chi connectivity index (χ4v) is 1.00. The smallest absolute Gasteiger partial charge is 0.291 e. The fourth-order valence-electron chi connectivity index (χ4n) is 1.00. The topological polar surface area (TPSA) is 168 Å². The molecule has 0 aliphatic carbocycles. The van der Waals surface area contributed by atoms with Crippen LogP contribution < -0.4 is 11.1 Å². The zero-order chi connectivity index (χ0) is 14.3. The highest BCUT2D eigenvalue weighted by molar-refractivity contribution is 5.90. The summed E-state index contributed by atoms with van der Waals surface area (Å²) in [5.74, 6) is -0.242. The number of hydrogen-bond donors (Lipinski definition) is 4. The Bertz CT molecular complexity index is 471. The van der Waals surface area contributed by atoms with E-state index in [4.69, 9.17) is 26.5 Å². The quantitative estimate of drug-likeness (QED) is 0.263. The molecular formula is C8H11N5O5. The molecule has 0 unspecified atom stereocenters. The zero-order valence-electron chi connectivity index (χ0n) is 9.28. The van der Waals surface area contributed by atoms with E-state index in [1.807, 2.05) is 0 Å². The van der Waals surface area contributed by atoms with Gasteiger partial charge in [0.15, 0.2) is 5.96 Å². The van der Waals surface area contributed by atoms with Gasteiger partial charge in [0.05, 0.1) is 10.6 Å². The third-order valence-electron chi connectivity index (χ3n) is 1.70. The van der Waals surface area contributed by atoms with Crippen LogP contribution in [0.3, 0.4) is 0 Å². The van der Waals surface area contributed by atoms with Crippen LogP contribution >= 0.6 is 0 Å². The Morgan fingerprint density at radius 2 is 1.94 bits per heavy atom. The van der Waals surface area contributed by atoms with Crippen molar-refractivity contribution in [2.75, 3.05) is 5.32 Å². The predicted octanol–water partition coefficient (Wildman–Crippen LogP) is 0.861. The van der Waals surface area contributed by atoms with Crippen molar-refractivity contribution in [1.82, 2.24) is 0 Å². The number of nitrogens with two attached hydrogens (primary N) is 1. The van der Waals surface area contributed by atoms with E-state index in [0.717, 1.165) is 5.56 Å². The van der Waals surface area contributed by atoms with Crippen molar-refractivity contribution in [2.45, 2.75) is 6.92 Å². The van der Waals surface area contributed by atoms with Gasteiger partial charge in [-0.2, -0.15) is 0 Å². The number of guanidine groups is 1. The van der Waals surface area contributed by atoms with Crippen molar-refractivity contribution >= 4 is 17.3 Å². The zero-order valence-corrected chi connectivity index (χ0v) is 9.28. The molecule has 0 aliphatic rings. The maximum absolute atomic E-state index is 10.4. The van der Waals surface area contributed by atoms with Gasteiger partial charge in [-0.05, 0) is 12.5 Å². The van der Waals surface area contributed by atoms with E-state index in [9.17, 15) is 10.1 Å². The van der Waals surface area contributed by atoms with Gasteiger partial charge in [0, 0.05) is 12.1 Å². The van der Waals surface area contributed by atoms with Gasteiger partial charge < -0.3 is 16.3 Å². The Kier molecular flexibility index (Phi) is 5.55. The second kappa shape index (κ2) is 6.62. The van der Waals surface area contributed by atoms with Gasteiger partial charge in [0.1, 0.15) is 0 Å². The first kappa shape index (κ1) is 15.1. The summed E-state index contributed by atoms with van der Waals surface area (Å²) in [7, 11) is 0. The van der Waals surface area contributed by atoms with E-state index in [1.54, 1.807) is 13.0 Å². The van der Waals surface area contributed by atoms with Crippen LogP contribution in [0.15, 0.2) is 18.2 Å².